The summed E-state index contributed by atoms with van der Waals surface area (Å²) in [5.41, 5.74) is 7.87. The molecule has 1 fully saturated rings. The number of rotatable bonds is 4. The van der Waals surface area contributed by atoms with Crippen molar-refractivity contribution in [3.05, 3.63) is 11.9 Å². The minimum absolute atomic E-state index is 0.0763. The Morgan fingerprint density at radius 1 is 1.41 bits per heavy atom. The normalized spacial score (nSPS) is 21.0. The molecule has 17 heavy (non-hydrogen) atoms. The van der Waals surface area contributed by atoms with Gasteiger partial charge in [-0.25, -0.2) is 0 Å². The van der Waals surface area contributed by atoms with E-state index in [4.69, 9.17) is 5.73 Å². The molecule has 0 spiro atoms. The minimum atomic E-state index is 0.0763. The van der Waals surface area contributed by atoms with Crippen molar-refractivity contribution in [2.45, 2.75) is 52.0 Å². The van der Waals surface area contributed by atoms with Crippen molar-refractivity contribution < 1.29 is 0 Å². The van der Waals surface area contributed by atoms with E-state index in [9.17, 15) is 0 Å². The molecule has 0 radical (unpaired) electrons. The lowest BCUT2D eigenvalue weighted by atomic mass is 9.72. The van der Waals surface area contributed by atoms with Gasteiger partial charge in [-0.15, -0.1) is 5.10 Å². The number of aryl methyl sites for hydroxylation is 1. The van der Waals surface area contributed by atoms with Crippen molar-refractivity contribution in [3.8, 4) is 0 Å². The first-order valence-corrected chi connectivity index (χ1v) is 6.65. The first kappa shape index (κ1) is 12.6. The van der Waals surface area contributed by atoms with E-state index in [2.05, 4.69) is 24.2 Å². The largest absolute Gasteiger partial charge is 0.322 e. The van der Waals surface area contributed by atoms with Crippen molar-refractivity contribution in [1.82, 2.24) is 15.0 Å². The van der Waals surface area contributed by atoms with Gasteiger partial charge in [0, 0.05) is 7.05 Å². The van der Waals surface area contributed by atoms with E-state index >= 15 is 0 Å². The highest BCUT2D eigenvalue weighted by Gasteiger charge is 2.41. The van der Waals surface area contributed by atoms with Crippen LogP contribution in [0.4, 0.5) is 0 Å². The average molecular weight is 236 g/mol. The van der Waals surface area contributed by atoms with Crippen molar-refractivity contribution in [1.29, 1.82) is 0 Å². The Kier molecular flexibility index (Phi) is 3.52. The van der Waals surface area contributed by atoms with Crippen LogP contribution in [-0.4, -0.2) is 15.0 Å². The molecule has 1 atom stereocenters. The maximum Gasteiger partial charge on any atom is 0.0756 e. The molecule has 0 saturated heterocycles. The molecule has 0 amide bonds. The first-order valence-electron chi connectivity index (χ1n) is 6.65. The number of hydrogen-bond donors (Lipinski definition) is 1. The lowest BCUT2D eigenvalue weighted by molar-refractivity contribution is 0.178. The zero-order chi connectivity index (χ0) is 12.5. The molecule has 1 aliphatic rings. The molecule has 1 heterocycles. The van der Waals surface area contributed by atoms with E-state index in [0.29, 0.717) is 5.92 Å². The zero-order valence-electron chi connectivity index (χ0n) is 11.2. The van der Waals surface area contributed by atoms with E-state index < -0.39 is 0 Å². The van der Waals surface area contributed by atoms with Crippen molar-refractivity contribution >= 4 is 0 Å². The summed E-state index contributed by atoms with van der Waals surface area (Å²) < 4.78 is 1.82. The van der Waals surface area contributed by atoms with Crippen LogP contribution in [0.1, 0.15) is 57.7 Å². The van der Waals surface area contributed by atoms with Gasteiger partial charge in [-0.2, -0.15) is 0 Å². The summed E-state index contributed by atoms with van der Waals surface area (Å²) in [5.74, 6) is 0.695. The van der Waals surface area contributed by atoms with Gasteiger partial charge in [0.2, 0.25) is 0 Å². The molecule has 4 heteroatoms. The fourth-order valence-corrected chi connectivity index (χ4v) is 3.43. The van der Waals surface area contributed by atoms with Crippen LogP contribution in [0.2, 0.25) is 0 Å². The van der Waals surface area contributed by atoms with Gasteiger partial charge < -0.3 is 5.73 Å². The molecule has 1 aliphatic carbocycles. The summed E-state index contributed by atoms with van der Waals surface area (Å²) in [4.78, 5) is 0. The van der Waals surface area contributed by atoms with Crippen LogP contribution in [-0.2, 0) is 7.05 Å². The molecule has 96 valence electrons. The number of nitrogens with zero attached hydrogens (tertiary/aromatic N) is 3. The number of nitrogens with two attached hydrogens (primary N) is 1. The SMILES string of the molecule is CC(C)CC1(C(N)c2cnnn2C)CCCC1. The van der Waals surface area contributed by atoms with E-state index in [1.165, 1.54) is 32.1 Å². The fraction of sp³-hybridized carbons (Fsp3) is 0.846. The molecule has 1 saturated carbocycles. The van der Waals surface area contributed by atoms with Gasteiger partial charge in [-0.3, -0.25) is 4.68 Å². The quantitative estimate of drug-likeness (QED) is 0.873. The Hall–Kier alpha value is -0.900. The van der Waals surface area contributed by atoms with Gasteiger partial charge in [0.15, 0.2) is 0 Å². The van der Waals surface area contributed by atoms with Crippen LogP contribution in [0.25, 0.3) is 0 Å². The summed E-state index contributed by atoms with van der Waals surface area (Å²) in [7, 11) is 1.93. The summed E-state index contributed by atoms with van der Waals surface area (Å²) in [6, 6.07) is 0.0763. The van der Waals surface area contributed by atoms with Crippen molar-refractivity contribution in [2.24, 2.45) is 24.1 Å². The summed E-state index contributed by atoms with van der Waals surface area (Å²) >= 11 is 0. The summed E-state index contributed by atoms with van der Waals surface area (Å²) in [6.45, 7) is 4.57. The molecular weight excluding hydrogens is 212 g/mol. The standard InChI is InChI=1S/C13H24N4/c1-10(2)8-13(6-4-5-7-13)12(14)11-9-15-16-17(11)3/h9-10,12H,4-8,14H2,1-3H3. The second-order valence-corrected chi connectivity index (χ2v) is 5.93. The molecule has 0 bridgehead atoms. The van der Waals surface area contributed by atoms with E-state index in [1.807, 2.05) is 17.9 Å². The topological polar surface area (TPSA) is 56.7 Å². The monoisotopic (exact) mass is 236 g/mol. The maximum atomic E-state index is 6.53. The molecule has 1 aromatic heterocycles. The van der Waals surface area contributed by atoms with Crippen LogP contribution < -0.4 is 5.73 Å². The van der Waals surface area contributed by atoms with Gasteiger partial charge >= 0.3 is 0 Å². The molecule has 2 rings (SSSR count). The highest BCUT2D eigenvalue weighted by molar-refractivity contribution is 5.09. The number of hydrogen-bond acceptors (Lipinski definition) is 3. The van der Waals surface area contributed by atoms with Crippen LogP contribution in [0.5, 0.6) is 0 Å². The first-order chi connectivity index (χ1) is 8.05. The third-order valence-corrected chi connectivity index (χ3v) is 4.14. The lowest BCUT2D eigenvalue weighted by Crippen LogP contribution is -2.35. The maximum absolute atomic E-state index is 6.53. The van der Waals surface area contributed by atoms with Crippen molar-refractivity contribution in [2.75, 3.05) is 0 Å². The average Bonchev–Trinajstić information content (AvgIpc) is 2.86. The second-order valence-electron chi connectivity index (χ2n) is 5.93. The van der Waals surface area contributed by atoms with Gasteiger partial charge in [-0.1, -0.05) is 31.9 Å². The Balaban J connectivity index is 2.24. The van der Waals surface area contributed by atoms with Gasteiger partial charge in [0.25, 0.3) is 0 Å². The summed E-state index contributed by atoms with van der Waals surface area (Å²) in [6.07, 6.45) is 8.15. The number of aromatic nitrogens is 3. The predicted molar refractivity (Wildman–Crippen MR) is 68.3 cm³/mol. The van der Waals surface area contributed by atoms with Gasteiger partial charge in [0.1, 0.15) is 0 Å². The third kappa shape index (κ3) is 2.37. The fourth-order valence-electron chi connectivity index (χ4n) is 3.43. The van der Waals surface area contributed by atoms with E-state index in [0.717, 1.165) is 5.69 Å². The van der Waals surface area contributed by atoms with Crippen LogP contribution in [0.3, 0.4) is 0 Å². The molecule has 0 aliphatic heterocycles. The van der Waals surface area contributed by atoms with Gasteiger partial charge in [0.05, 0.1) is 17.9 Å². The smallest absolute Gasteiger partial charge is 0.0756 e. The molecule has 2 N–H and O–H groups in total. The van der Waals surface area contributed by atoms with Crippen LogP contribution in [0.15, 0.2) is 6.20 Å². The minimum Gasteiger partial charge on any atom is -0.322 e. The van der Waals surface area contributed by atoms with Crippen LogP contribution in [0, 0.1) is 11.3 Å². The Bertz CT molecular complexity index is 363. The van der Waals surface area contributed by atoms with E-state index in [-0.39, 0.29) is 11.5 Å². The Morgan fingerprint density at radius 2 is 2.06 bits per heavy atom. The highest BCUT2D eigenvalue weighted by atomic mass is 15.4. The molecule has 1 aromatic rings. The molecule has 1 unspecified atom stereocenters. The molecule has 4 nitrogen and oxygen atoms in total. The third-order valence-electron chi connectivity index (χ3n) is 4.14. The predicted octanol–water partition coefficient (Wildman–Crippen LogP) is 2.42. The van der Waals surface area contributed by atoms with Crippen LogP contribution >= 0.6 is 0 Å². The molecular formula is C13H24N4. The van der Waals surface area contributed by atoms with Crippen molar-refractivity contribution in [3.63, 3.8) is 0 Å². The Morgan fingerprint density at radius 3 is 2.53 bits per heavy atom. The van der Waals surface area contributed by atoms with Gasteiger partial charge in [-0.05, 0) is 30.6 Å². The van der Waals surface area contributed by atoms with E-state index in [1.54, 1.807) is 0 Å². The summed E-state index contributed by atoms with van der Waals surface area (Å²) in [5, 5.41) is 7.96. The highest BCUT2D eigenvalue weighted by Crippen LogP contribution is 2.50. The second kappa shape index (κ2) is 4.77. The Labute approximate surface area is 104 Å². The lowest BCUT2D eigenvalue weighted by Gasteiger charge is -2.36. The zero-order valence-corrected chi connectivity index (χ0v) is 11.2. The molecule has 0 aromatic carbocycles.